The van der Waals surface area contributed by atoms with Gasteiger partial charge in [-0.2, -0.15) is 36.7 Å². The third-order valence-electron chi connectivity index (χ3n) is 3.33. The van der Waals surface area contributed by atoms with Gasteiger partial charge in [0.05, 0.1) is 0 Å². The van der Waals surface area contributed by atoms with Crippen LogP contribution in [-0.2, 0) is 6.18 Å². The van der Waals surface area contributed by atoms with E-state index in [0.717, 1.165) is 23.3 Å². The van der Waals surface area contributed by atoms with Crippen LogP contribution in [0, 0.1) is 0 Å². The highest BCUT2D eigenvalue weighted by Gasteiger charge is 2.34. The van der Waals surface area contributed by atoms with Crippen LogP contribution in [0.5, 0.6) is 0 Å². The summed E-state index contributed by atoms with van der Waals surface area (Å²) in [5, 5.41) is 3.40. The Hall–Kier alpha value is -1.48. The molecular formula is C15H15F3N4S2. The van der Waals surface area contributed by atoms with Crippen molar-refractivity contribution in [2.75, 3.05) is 29.1 Å². The standard InChI is InChI=1S/C15H15F3N4S2/c16-15(17,18)12-6-13(20-8-11-9-23-4-5-24-11)22-14(21-12)10-2-1-3-19-7-10/h1-3,6-7,11H,4-5,8-9H2,(H,20,21,22). The van der Waals surface area contributed by atoms with Crippen molar-refractivity contribution < 1.29 is 13.2 Å². The maximum Gasteiger partial charge on any atom is 0.433 e. The molecule has 2 aromatic rings. The van der Waals surface area contributed by atoms with Gasteiger partial charge in [-0.05, 0) is 12.1 Å². The molecule has 2 aromatic heterocycles. The number of aromatic nitrogens is 3. The van der Waals surface area contributed by atoms with E-state index < -0.39 is 11.9 Å². The Bertz CT molecular complexity index is 676. The molecule has 24 heavy (non-hydrogen) atoms. The van der Waals surface area contributed by atoms with Crippen molar-refractivity contribution in [3.8, 4) is 11.4 Å². The molecule has 3 heterocycles. The molecule has 1 aliphatic heterocycles. The van der Waals surface area contributed by atoms with Crippen LogP contribution >= 0.6 is 23.5 Å². The van der Waals surface area contributed by atoms with E-state index in [4.69, 9.17) is 0 Å². The summed E-state index contributed by atoms with van der Waals surface area (Å²) in [6, 6.07) is 4.24. The van der Waals surface area contributed by atoms with Crippen molar-refractivity contribution in [1.29, 1.82) is 0 Å². The van der Waals surface area contributed by atoms with Crippen molar-refractivity contribution in [3.63, 3.8) is 0 Å². The summed E-state index contributed by atoms with van der Waals surface area (Å²) < 4.78 is 39.4. The molecule has 0 bridgehead atoms. The first kappa shape index (κ1) is 17.3. The van der Waals surface area contributed by atoms with Gasteiger partial charge < -0.3 is 5.32 Å². The van der Waals surface area contributed by atoms with Gasteiger partial charge in [-0.15, -0.1) is 0 Å². The third-order valence-corrected chi connectivity index (χ3v) is 6.18. The molecule has 0 amide bonds. The predicted octanol–water partition coefficient (Wildman–Crippen LogP) is 3.82. The van der Waals surface area contributed by atoms with E-state index in [0.29, 0.717) is 17.4 Å². The van der Waals surface area contributed by atoms with E-state index in [1.165, 1.54) is 6.20 Å². The fourth-order valence-corrected chi connectivity index (χ4v) is 4.79. The number of halogens is 3. The molecule has 1 aliphatic rings. The minimum Gasteiger partial charge on any atom is -0.369 e. The van der Waals surface area contributed by atoms with E-state index in [9.17, 15) is 13.2 Å². The SMILES string of the molecule is FC(F)(F)c1cc(NCC2CSCCS2)nc(-c2cccnc2)n1. The molecule has 1 unspecified atom stereocenters. The van der Waals surface area contributed by atoms with E-state index in [1.807, 2.05) is 23.5 Å². The van der Waals surface area contributed by atoms with Gasteiger partial charge >= 0.3 is 6.18 Å². The Morgan fingerprint density at radius 2 is 2.12 bits per heavy atom. The monoisotopic (exact) mass is 372 g/mol. The van der Waals surface area contributed by atoms with E-state index in [1.54, 1.807) is 18.3 Å². The van der Waals surface area contributed by atoms with Crippen molar-refractivity contribution in [2.45, 2.75) is 11.4 Å². The molecule has 1 atom stereocenters. The van der Waals surface area contributed by atoms with Crippen LogP contribution in [0.4, 0.5) is 19.0 Å². The van der Waals surface area contributed by atoms with Gasteiger partial charge in [-0.1, -0.05) is 0 Å². The largest absolute Gasteiger partial charge is 0.433 e. The lowest BCUT2D eigenvalue weighted by atomic mass is 10.2. The molecule has 3 rings (SSSR count). The average molecular weight is 372 g/mol. The molecule has 0 spiro atoms. The van der Waals surface area contributed by atoms with Crippen molar-refractivity contribution in [1.82, 2.24) is 15.0 Å². The Morgan fingerprint density at radius 3 is 2.79 bits per heavy atom. The Morgan fingerprint density at radius 1 is 1.25 bits per heavy atom. The van der Waals surface area contributed by atoms with E-state index in [2.05, 4.69) is 20.3 Å². The number of pyridine rings is 1. The summed E-state index contributed by atoms with van der Waals surface area (Å²) in [6.45, 7) is 0.582. The highest BCUT2D eigenvalue weighted by molar-refractivity contribution is 8.06. The number of hydrogen-bond donors (Lipinski definition) is 1. The average Bonchev–Trinajstić information content (AvgIpc) is 2.61. The fraction of sp³-hybridized carbons (Fsp3) is 0.400. The molecule has 128 valence electrons. The maximum absolute atomic E-state index is 13.1. The van der Waals surface area contributed by atoms with Crippen LogP contribution in [0.3, 0.4) is 0 Å². The topological polar surface area (TPSA) is 50.7 Å². The summed E-state index contributed by atoms with van der Waals surface area (Å²) in [5.74, 6) is 3.39. The molecule has 1 saturated heterocycles. The molecule has 9 heteroatoms. The Labute approximate surface area is 146 Å². The zero-order valence-corrected chi connectivity index (χ0v) is 14.2. The summed E-state index contributed by atoms with van der Waals surface area (Å²) in [6.07, 6.45) is -1.52. The van der Waals surface area contributed by atoms with Crippen LogP contribution in [0.25, 0.3) is 11.4 Å². The van der Waals surface area contributed by atoms with Gasteiger partial charge in [0.15, 0.2) is 11.5 Å². The second kappa shape index (κ2) is 7.60. The van der Waals surface area contributed by atoms with Gasteiger partial charge in [0.1, 0.15) is 5.82 Å². The maximum atomic E-state index is 13.1. The molecule has 1 N–H and O–H groups in total. The Balaban J connectivity index is 1.84. The Kier molecular flexibility index (Phi) is 5.50. The van der Waals surface area contributed by atoms with E-state index in [-0.39, 0.29) is 11.6 Å². The zero-order chi connectivity index (χ0) is 17.0. The normalized spacial score (nSPS) is 18.4. The van der Waals surface area contributed by atoms with Gasteiger partial charge in [0.2, 0.25) is 0 Å². The summed E-state index contributed by atoms with van der Waals surface area (Å²) in [7, 11) is 0. The highest BCUT2D eigenvalue weighted by Crippen LogP contribution is 2.31. The first-order chi connectivity index (χ1) is 11.5. The van der Waals surface area contributed by atoms with Crippen molar-refractivity contribution in [2.24, 2.45) is 0 Å². The quantitative estimate of drug-likeness (QED) is 0.881. The summed E-state index contributed by atoms with van der Waals surface area (Å²) in [5.41, 5.74) is -0.501. The number of anilines is 1. The second-order valence-electron chi connectivity index (χ2n) is 5.15. The second-order valence-corrected chi connectivity index (χ2v) is 7.71. The minimum absolute atomic E-state index is 0.0195. The molecule has 0 saturated carbocycles. The number of alkyl halides is 3. The van der Waals surface area contributed by atoms with Gasteiger partial charge in [-0.3, -0.25) is 4.98 Å². The third kappa shape index (κ3) is 4.54. The van der Waals surface area contributed by atoms with Gasteiger partial charge in [0, 0.05) is 53.1 Å². The zero-order valence-electron chi connectivity index (χ0n) is 12.6. The first-order valence-electron chi connectivity index (χ1n) is 7.32. The van der Waals surface area contributed by atoms with Gasteiger partial charge in [-0.25, -0.2) is 9.97 Å². The lowest BCUT2D eigenvalue weighted by molar-refractivity contribution is -0.141. The lowest BCUT2D eigenvalue weighted by Crippen LogP contribution is -2.24. The molecule has 1 fully saturated rings. The van der Waals surface area contributed by atoms with Crippen LogP contribution in [0.1, 0.15) is 5.69 Å². The van der Waals surface area contributed by atoms with Crippen molar-refractivity contribution in [3.05, 3.63) is 36.3 Å². The molecule has 0 aliphatic carbocycles. The summed E-state index contributed by atoms with van der Waals surface area (Å²) in [4.78, 5) is 11.8. The number of nitrogens with one attached hydrogen (secondary N) is 1. The number of hydrogen-bond acceptors (Lipinski definition) is 6. The number of nitrogens with zero attached hydrogens (tertiary/aromatic N) is 3. The van der Waals surface area contributed by atoms with Crippen LogP contribution < -0.4 is 5.32 Å². The number of rotatable bonds is 4. The van der Waals surface area contributed by atoms with E-state index >= 15 is 0 Å². The predicted molar refractivity (Wildman–Crippen MR) is 92.3 cm³/mol. The molecular weight excluding hydrogens is 357 g/mol. The fourth-order valence-electron chi connectivity index (χ4n) is 2.18. The highest BCUT2D eigenvalue weighted by atomic mass is 32.2. The van der Waals surface area contributed by atoms with Crippen LogP contribution in [0.2, 0.25) is 0 Å². The van der Waals surface area contributed by atoms with Crippen LogP contribution in [0.15, 0.2) is 30.6 Å². The van der Waals surface area contributed by atoms with Gasteiger partial charge in [0.25, 0.3) is 0 Å². The minimum atomic E-state index is -4.52. The molecule has 4 nitrogen and oxygen atoms in total. The first-order valence-corrected chi connectivity index (χ1v) is 9.52. The number of thioether (sulfide) groups is 2. The summed E-state index contributed by atoms with van der Waals surface area (Å²) >= 11 is 3.70. The van der Waals surface area contributed by atoms with Crippen molar-refractivity contribution >= 4 is 29.3 Å². The van der Waals surface area contributed by atoms with Crippen LogP contribution in [-0.4, -0.2) is 44.0 Å². The lowest BCUT2D eigenvalue weighted by Gasteiger charge is -2.21. The smallest absolute Gasteiger partial charge is 0.369 e. The molecule has 0 aromatic carbocycles. The molecule has 0 radical (unpaired) electrons.